The number of carbonyl (C=O) groups excluding carboxylic acids is 1. The smallest absolute Gasteiger partial charge is 0.387 e. The molecule has 5 nitrogen and oxygen atoms in total. The van der Waals surface area contributed by atoms with Crippen molar-refractivity contribution in [2.75, 3.05) is 13.2 Å². The van der Waals surface area contributed by atoms with E-state index in [9.17, 15) is 13.6 Å². The van der Waals surface area contributed by atoms with Crippen molar-refractivity contribution in [1.82, 2.24) is 5.32 Å². The summed E-state index contributed by atoms with van der Waals surface area (Å²) in [4.78, 5) is 12.4. The monoisotopic (exact) mass is 379 g/mol. The van der Waals surface area contributed by atoms with Crippen LogP contribution in [0.4, 0.5) is 8.78 Å². The van der Waals surface area contributed by atoms with Crippen molar-refractivity contribution in [2.24, 2.45) is 0 Å². The number of alkyl halides is 2. The fourth-order valence-corrected chi connectivity index (χ4v) is 2.49. The zero-order valence-corrected chi connectivity index (χ0v) is 15.5. The second-order valence-electron chi connectivity index (χ2n) is 5.67. The molecule has 27 heavy (non-hydrogen) atoms. The van der Waals surface area contributed by atoms with E-state index in [1.807, 2.05) is 39.0 Å². The van der Waals surface area contributed by atoms with Crippen LogP contribution in [0.5, 0.6) is 17.2 Å². The summed E-state index contributed by atoms with van der Waals surface area (Å²) in [5, 5.41) is 2.87. The Labute approximate surface area is 157 Å². The van der Waals surface area contributed by atoms with Crippen molar-refractivity contribution in [1.29, 1.82) is 0 Å². The summed E-state index contributed by atoms with van der Waals surface area (Å²) in [5.74, 6) is 0.947. The second kappa shape index (κ2) is 9.75. The maximum atomic E-state index is 12.4. The molecule has 0 heterocycles. The molecule has 2 aromatic carbocycles. The lowest BCUT2D eigenvalue weighted by Gasteiger charge is -2.17. The molecule has 7 heteroatoms. The van der Waals surface area contributed by atoms with Gasteiger partial charge in [0.25, 0.3) is 5.91 Å². The van der Waals surface area contributed by atoms with E-state index < -0.39 is 6.61 Å². The molecule has 0 radical (unpaired) electrons. The number of halogens is 2. The van der Waals surface area contributed by atoms with Gasteiger partial charge in [0.15, 0.2) is 11.5 Å². The van der Waals surface area contributed by atoms with Gasteiger partial charge in [-0.05, 0) is 62.7 Å². The molecular weight excluding hydrogens is 356 g/mol. The zero-order valence-electron chi connectivity index (χ0n) is 15.5. The van der Waals surface area contributed by atoms with Crippen LogP contribution in [0.25, 0.3) is 0 Å². The van der Waals surface area contributed by atoms with Gasteiger partial charge < -0.3 is 19.5 Å². The number of ether oxygens (including phenoxy) is 3. The molecule has 2 aromatic rings. The molecule has 0 aliphatic rings. The van der Waals surface area contributed by atoms with Crippen LogP contribution in [0.3, 0.4) is 0 Å². The Balaban J connectivity index is 2.08. The summed E-state index contributed by atoms with van der Waals surface area (Å²) in [5.41, 5.74) is 1.20. The Hall–Kier alpha value is -2.83. The normalized spacial score (nSPS) is 11.8. The highest BCUT2D eigenvalue weighted by molar-refractivity contribution is 5.94. The van der Waals surface area contributed by atoms with Gasteiger partial charge in [-0.3, -0.25) is 4.79 Å². The van der Waals surface area contributed by atoms with Gasteiger partial charge in [0.2, 0.25) is 0 Å². The van der Waals surface area contributed by atoms with Gasteiger partial charge in [-0.1, -0.05) is 6.07 Å². The van der Waals surface area contributed by atoms with Crippen LogP contribution in [0, 0.1) is 0 Å². The number of amides is 1. The van der Waals surface area contributed by atoms with Gasteiger partial charge in [0.05, 0.1) is 19.3 Å². The molecule has 0 bridgehead atoms. The highest BCUT2D eigenvalue weighted by Gasteiger charge is 2.15. The first-order chi connectivity index (χ1) is 12.9. The second-order valence-corrected chi connectivity index (χ2v) is 5.67. The van der Waals surface area contributed by atoms with Crippen LogP contribution in [-0.4, -0.2) is 25.7 Å². The first-order valence-electron chi connectivity index (χ1n) is 8.69. The SMILES string of the molecule is CCOc1ccc([C@H](C)NC(=O)c2ccc(OC(F)F)cc2)cc1OCC. The van der Waals surface area contributed by atoms with Crippen LogP contribution in [0.2, 0.25) is 0 Å². The van der Waals surface area contributed by atoms with E-state index in [0.717, 1.165) is 5.56 Å². The van der Waals surface area contributed by atoms with Gasteiger partial charge in [-0.2, -0.15) is 8.78 Å². The topological polar surface area (TPSA) is 56.8 Å². The van der Waals surface area contributed by atoms with Crippen molar-refractivity contribution in [3.05, 3.63) is 53.6 Å². The van der Waals surface area contributed by atoms with Crippen LogP contribution in [0.15, 0.2) is 42.5 Å². The molecular formula is C20H23F2NO4. The molecule has 0 aliphatic carbocycles. The number of hydrogen-bond donors (Lipinski definition) is 1. The minimum absolute atomic E-state index is 0.00228. The third-order valence-electron chi connectivity index (χ3n) is 3.76. The Morgan fingerprint density at radius 3 is 2.22 bits per heavy atom. The first-order valence-corrected chi connectivity index (χ1v) is 8.69. The molecule has 2 rings (SSSR count). The van der Waals surface area contributed by atoms with Gasteiger partial charge in [0, 0.05) is 5.56 Å². The van der Waals surface area contributed by atoms with Crippen molar-refractivity contribution in [3.8, 4) is 17.2 Å². The molecule has 146 valence electrons. The number of benzene rings is 2. The lowest BCUT2D eigenvalue weighted by molar-refractivity contribution is -0.0498. The molecule has 1 N–H and O–H groups in total. The Morgan fingerprint density at radius 1 is 1.00 bits per heavy atom. The molecule has 0 saturated heterocycles. The summed E-state index contributed by atoms with van der Waals surface area (Å²) in [6.07, 6.45) is 0. The van der Waals surface area contributed by atoms with Crippen LogP contribution < -0.4 is 19.5 Å². The van der Waals surface area contributed by atoms with Crippen molar-refractivity contribution < 1.29 is 27.8 Å². The summed E-state index contributed by atoms with van der Waals surface area (Å²) in [6.45, 7) is 3.74. The Morgan fingerprint density at radius 2 is 1.63 bits per heavy atom. The highest BCUT2D eigenvalue weighted by atomic mass is 19.3. The lowest BCUT2D eigenvalue weighted by atomic mass is 10.1. The molecule has 0 fully saturated rings. The average molecular weight is 379 g/mol. The number of carbonyl (C=O) groups is 1. The van der Waals surface area contributed by atoms with E-state index >= 15 is 0 Å². The fourth-order valence-electron chi connectivity index (χ4n) is 2.49. The zero-order chi connectivity index (χ0) is 19.8. The molecule has 1 amide bonds. The fraction of sp³-hybridized carbons (Fsp3) is 0.350. The minimum Gasteiger partial charge on any atom is -0.490 e. The first kappa shape index (κ1) is 20.5. The molecule has 1 atom stereocenters. The van der Waals surface area contributed by atoms with E-state index in [2.05, 4.69) is 10.1 Å². The van der Waals surface area contributed by atoms with Gasteiger partial charge in [0.1, 0.15) is 5.75 Å². The standard InChI is InChI=1S/C20H23F2NO4/c1-4-25-17-11-8-15(12-18(17)26-5-2)13(3)23-19(24)14-6-9-16(10-7-14)27-20(21)22/h6-13,20H,4-5H2,1-3H3,(H,23,24)/t13-/m0/s1. The van der Waals surface area contributed by atoms with Crippen molar-refractivity contribution in [2.45, 2.75) is 33.4 Å². The van der Waals surface area contributed by atoms with Crippen LogP contribution in [-0.2, 0) is 0 Å². The molecule has 0 spiro atoms. The number of nitrogens with one attached hydrogen (secondary N) is 1. The molecule has 0 unspecified atom stereocenters. The maximum Gasteiger partial charge on any atom is 0.387 e. The number of rotatable bonds is 9. The number of hydrogen-bond acceptors (Lipinski definition) is 4. The third-order valence-corrected chi connectivity index (χ3v) is 3.76. The minimum atomic E-state index is -2.90. The van der Waals surface area contributed by atoms with Gasteiger partial charge >= 0.3 is 6.61 Å². The van der Waals surface area contributed by atoms with E-state index in [-0.39, 0.29) is 17.7 Å². The predicted molar refractivity (Wildman–Crippen MR) is 97.7 cm³/mol. The Kier molecular flexibility index (Phi) is 7.40. The summed E-state index contributed by atoms with van der Waals surface area (Å²) >= 11 is 0. The summed E-state index contributed by atoms with van der Waals surface area (Å²) in [7, 11) is 0. The largest absolute Gasteiger partial charge is 0.490 e. The van der Waals surface area contributed by atoms with Crippen molar-refractivity contribution >= 4 is 5.91 Å². The quantitative estimate of drug-likeness (QED) is 0.693. The molecule has 0 aromatic heterocycles. The summed E-state index contributed by atoms with van der Waals surface area (Å²) in [6, 6.07) is 10.7. The van der Waals surface area contributed by atoms with E-state index in [0.29, 0.717) is 30.3 Å². The van der Waals surface area contributed by atoms with Crippen LogP contribution in [0.1, 0.15) is 42.7 Å². The van der Waals surface area contributed by atoms with Gasteiger partial charge in [-0.15, -0.1) is 0 Å². The van der Waals surface area contributed by atoms with Crippen molar-refractivity contribution in [3.63, 3.8) is 0 Å². The molecule has 0 saturated carbocycles. The maximum absolute atomic E-state index is 12.4. The third kappa shape index (κ3) is 5.84. The highest BCUT2D eigenvalue weighted by Crippen LogP contribution is 2.30. The van der Waals surface area contributed by atoms with E-state index in [1.165, 1.54) is 24.3 Å². The lowest BCUT2D eigenvalue weighted by Crippen LogP contribution is -2.26. The van der Waals surface area contributed by atoms with Crippen LogP contribution >= 0.6 is 0 Å². The van der Waals surface area contributed by atoms with E-state index in [4.69, 9.17) is 9.47 Å². The Bertz CT molecular complexity index is 750. The average Bonchev–Trinajstić information content (AvgIpc) is 2.63. The predicted octanol–water partition coefficient (Wildman–Crippen LogP) is 4.58. The van der Waals surface area contributed by atoms with E-state index in [1.54, 1.807) is 0 Å². The summed E-state index contributed by atoms with van der Waals surface area (Å²) < 4.78 is 39.8. The molecule has 0 aliphatic heterocycles. The van der Waals surface area contributed by atoms with Gasteiger partial charge in [-0.25, -0.2) is 0 Å².